The summed E-state index contributed by atoms with van der Waals surface area (Å²) in [7, 11) is 0. The van der Waals surface area contributed by atoms with Gasteiger partial charge in [0.15, 0.2) is 0 Å². The highest BCUT2D eigenvalue weighted by molar-refractivity contribution is 7.10. The first-order valence-electron chi connectivity index (χ1n) is 12.8. The number of hydrogen-bond acceptors (Lipinski definition) is 6. The third-order valence-corrected chi connectivity index (χ3v) is 8.83. The summed E-state index contributed by atoms with van der Waals surface area (Å²) in [5.74, 6) is 2.04. The van der Waals surface area contributed by atoms with E-state index >= 15 is 0 Å². The molecule has 3 aromatic heterocycles. The van der Waals surface area contributed by atoms with Crippen LogP contribution >= 0.6 is 11.3 Å². The maximum Gasteiger partial charge on any atom is 0.120 e. The molecule has 2 saturated heterocycles. The molecule has 1 spiro atoms. The molecule has 2 N–H and O–H groups in total. The summed E-state index contributed by atoms with van der Waals surface area (Å²) >= 11 is 1.92. The van der Waals surface area contributed by atoms with Crippen LogP contribution in [0.25, 0.3) is 0 Å². The Kier molecular flexibility index (Phi) is 7.79. The van der Waals surface area contributed by atoms with Gasteiger partial charge in [-0.25, -0.2) is 9.97 Å². The van der Waals surface area contributed by atoms with Crippen molar-refractivity contribution in [3.05, 3.63) is 58.3 Å². The number of thiophene rings is 1. The highest BCUT2D eigenvalue weighted by atomic mass is 32.1. The van der Waals surface area contributed by atoms with Crippen molar-refractivity contribution in [2.45, 2.75) is 58.7 Å². The number of nitrogens with one attached hydrogen (secondary N) is 2. The van der Waals surface area contributed by atoms with Crippen molar-refractivity contribution in [2.75, 3.05) is 39.3 Å². The molecule has 7 nitrogen and oxygen atoms in total. The lowest BCUT2D eigenvalue weighted by molar-refractivity contribution is 0.103. The lowest BCUT2D eigenvalue weighted by Crippen LogP contribution is -2.41. The molecule has 0 aromatic carbocycles. The quantitative estimate of drug-likeness (QED) is 0.400. The van der Waals surface area contributed by atoms with Gasteiger partial charge < -0.3 is 14.9 Å². The second-order valence-corrected chi connectivity index (χ2v) is 11.3. The zero-order valence-corrected chi connectivity index (χ0v) is 21.3. The van der Waals surface area contributed by atoms with Gasteiger partial charge >= 0.3 is 0 Å². The molecule has 0 unspecified atom stereocenters. The predicted molar refractivity (Wildman–Crippen MR) is 138 cm³/mol. The molecule has 0 atom stereocenters. The van der Waals surface area contributed by atoms with Crippen LogP contribution in [0.3, 0.4) is 0 Å². The van der Waals surface area contributed by atoms with Gasteiger partial charge in [0.1, 0.15) is 11.6 Å². The SMILES string of the molecule is Cc1ccsc1CN1CCC2(CC1)CCN(CCCCN(Cc1ncc[nH]1)Cc1ncc[nH]1)C2. The van der Waals surface area contributed by atoms with Crippen LogP contribution in [0.15, 0.2) is 36.2 Å². The van der Waals surface area contributed by atoms with Crippen molar-refractivity contribution in [3.8, 4) is 0 Å². The molecule has 8 heteroatoms. The Balaban J connectivity index is 1.03. The molecule has 5 heterocycles. The number of likely N-dealkylation sites (tertiary alicyclic amines) is 2. The Labute approximate surface area is 207 Å². The molecule has 0 amide bonds. The second kappa shape index (κ2) is 11.2. The van der Waals surface area contributed by atoms with Crippen LogP contribution in [0.2, 0.25) is 0 Å². The summed E-state index contributed by atoms with van der Waals surface area (Å²) in [6.45, 7) is 12.5. The molecule has 0 bridgehead atoms. The largest absolute Gasteiger partial charge is 0.348 e. The van der Waals surface area contributed by atoms with Crippen LogP contribution < -0.4 is 0 Å². The minimum atomic E-state index is 0.575. The molecule has 3 aromatic rings. The Morgan fingerprint density at radius 2 is 1.65 bits per heavy atom. The average molecular weight is 482 g/mol. The summed E-state index contributed by atoms with van der Waals surface area (Å²) in [5.41, 5.74) is 2.04. The number of unbranched alkanes of at least 4 members (excludes halogenated alkanes) is 1. The number of hydrogen-bond donors (Lipinski definition) is 2. The van der Waals surface area contributed by atoms with Crippen LogP contribution in [0, 0.1) is 12.3 Å². The highest BCUT2D eigenvalue weighted by Crippen LogP contribution is 2.40. The number of rotatable bonds is 11. The van der Waals surface area contributed by atoms with Crippen molar-refractivity contribution >= 4 is 11.3 Å². The van der Waals surface area contributed by atoms with Gasteiger partial charge in [-0.2, -0.15) is 0 Å². The highest BCUT2D eigenvalue weighted by Gasteiger charge is 2.40. The monoisotopic (exact) mass is 481 g/mol. The number of piperidine rings is 1. The molecule has 5 rings (SSSR count). The predicted octanol–water partition coefficient (Wildman–Crippen LogP) is 4.27. The van der Waals surface area contributed by atoms with E-state index in [9.17, 15) is 0 Å². The van der Waals surface area contributed by atoms with Crippen LogP contribution in [-0.2, 0) is 19.6 Å². The molecule has 2 aliphatic heterocycles. The van der Waals surface area contributed by atoms with Crippen LogP contribution in [0.1, 0.15) is 54.2 Å². The maximum absolute atomic E-state index is 4.42. The van der Waals surface area contributed by atoms with E-state index in [1.165, 1.54) is 70.4 Å². The normalized spacial score (nSPS) is 19.0. The van der Waals surface area contributed by atoms with E-state index in [1.807, 2.05) is 36.1 Å². The van der Waals surface area contributed by atoms with Gasteiger partial charge in [-0.3, -0.25) is 9.80 Å². The number of imidazole rings is 2. The van der Waals surface area contributed by atoms with Gasteiger partial charge in [-0.15, -0.1) is 11.3 Å². The van der Waals surface area contributed by atoms with Crippen molar-refractivity contribution in [3.63, 3.8) is 0 Å². The van der Waals surface area contributed by atoms with Crippen LogP contribution in [0.5, 0.6) is 0 Å². The number of aromatic amines is 2. The van der Waals surface area contributed by atoms with Crippen molar-refractivity contribution in [1.82, 2.24) is 34.6 Å². The van der Waals surface area contributed by atoms with E-state index in [0.29, 0.717) is 5.41 Å². The maximum atomic E-state index is 4.42. The first kappa shape index (κ1) is 23.7. The first-order chi connectivity index (χ1) is 16.7. The fourth-order valence-electron chi connectivity index (χ4n) is 5.66. The van der Waals surface area contributed by atoms with Gasteiger partial charge in [0, 0.05) is 42.8 Å². The summed E-state index contributed by atoms with van der Waals surface area (Å²) in [6.07, 6.45) is 14.1. The molecular weight excluding hydrogens is 442 g/mol. The van der Waals surface area contributed by atoms with Crippen molar-refractivity contribution in [2.24, 2.45) is 5.41 Å². The minimum absolute atomic E-state index is 0.575. The zero-order valence-electron chi connectivity index (χ0n) is 20.5. The number of aromatic nitrogens is 4. The third kappa shape index (κ3) is 6.16. The van der Waals surface area contributed by atoms with E-state index in [4.69, 9.17) is 0 Å². The smallest absolute Gasteiger partial charge is 0.120 e. The Morgan fingerprint density at radius 1 is 0.971 bits per heavy atom. The van der Waals surface area contributed by atoms with Gasteiger partial charge in [-0.05, 0) is 94.2 Å². The summed E-state index contributed by atoms with van der Waals surface area (Å²) in [4.78, 5) is 24.7. The van der Waals surface area contributed by atoms with Gasteiger partial charge in [0.25, 0.3) is 0 Å². The molecule has 0 radical (unpaired) electrons. The first-order valence-corrected chi connectivity index (χ1v) is 13.7. The number of nitrogens with zero attached hydrogens (tertiary/aromatic N) is 5. The minimum Gasteiger partial charge on any atom is -0.348 e. The van der Waals surface area contributed by atoms with E-state index in [1.54, 1.807) is 4.88 Å². The van der Waals surface area contributed by atoms with Gasteiger partial charge in [-0.1, -0.05) is 0 Å². The molecule has 0 saturated carbocycles. The number of aryl methyl sites for hydroxylation is 1. The molecule has 2 aliphatic rings. The standard InChI is InChI=1S/C26H39N7S/c1-22-4-17-34-23(22)18-31-14-5-26(6-15-31)7-16-32(21-26)12-2-3-13-33(19-24-27-8-9-28-24)20-25-29-10-11-30-25/h4,8-11,17H,2-3,5-7,12-16,18-21H2,1H3,(H,27,28)(H,29,30). The van der Waals surface area contributed by atoms with E-state index in [-0.39, 0.29) is 0 Å². The van der Waals surface area contributed by atoms with E-state index < -0.39 is 0 Å². The van der Waals surface area contributed by atoms with Crippen LogP contribution in [-0.4, -0.2) is 73.9 Å². The van der Waals surface area contributed by atoms with Crippen LogP contribution in [0.4, 0.5) is 0 Å². The Bertz CT molecular complexity index is 937. The fourth-order valence-corrected chi connectivity index (χ4v) is 6.61. The Hall–Kier alpha value is -2.00. The van der Waals surface area contributed by atoms with E-state index in [0.717, 1.165) is 37.8 Å². The molecule has 184 valence electrons. The van der Waals surface area contributed by atoms with Gasteiger partial charge in [0.2, 0.25) is 0 Å². The molecule has 34 heavy (non-hydrogen) atoms. The summed E-state index contributed by atoms with van der Waals surface area (Å²) in [5, 5.41) is 2.23. The molecule has 2 fully saturated rings. The average Bonchev–Trinajstić information content (AvgIpc) is 3.64. The van der Waals surface area contributed by atoms with Crippen molar-refractivity contribution < 1.29 is 0 Å². The Morgan fingerprint density at radius 3 is 2.24 bits per heavy atom. The zero-order chi connectivity index (χ0) is 23.2. The van der Waals surface area contributed by atoms with Crippen molar-refractivity contribution in [1.29, 1.82) is 0 Å². The number of H-pyrrole nitrogens is 2. The summed E-state index contributed by atoms with van der Waals surface area (Å²) < 4.78 is 0. The third-order valence-electron chi connectivity index (χ3n) is 7.82. The molecule has 0 aliphatic carbocycles. The van der Waals surface area contributed by atoms with E-state index in [2.05, 4.69) is 53.0 Å². The lowest BCUT2D eigenvalue weighted by Gasteiger charge is -2.39. The molecular formula is C26H39N7S. The topological polar surface area (TPSA) is 67.1 Å². The summed E-state index contributed by atoms with van der Waals surface area (Å²) in [6, 6.07) is 2.26. The lowest BCUT2D eigenvalue weighted by atomic mass is 9.78. The van der Waals surface area contributed by atoms with Gasteiger partial charge in [0.05, 0.1) is 13.1 Å². The second-order valence-electron chi connectivity index (χ2n) is 10.3. The fraction of sp³-hybridized carbons (Fsp3) is 0.615.